The Labute approximate surface area is 117 Å². The van der Waals surface area contributed by atoms with Crippen molar-refractivity contribution in [3.63, 3.8) is 0 Å². The van der Waals surface area contributed by atoms with Crippen LogP contribution in [0.4, 0.5) is 5.82 Å². The van der Waals surface area contributed by atoms with Crippen molar-refractivity contribution in [3.8, 4) is 5.75 Å². The van der Waals surface area contributed by atoms with Crippen LogP contribution >= 0.6 is 15.9 Å². The van der Waals surface area contributed by atoms with Gasteiger partial charge in [0.25, 0.3) is 0 Å². The average Bonchev–Trinajstić information content (AvgIpc) is 2.40. The zero-order chi connectivity index (χ0) is 12.4. The Bertz CT molecular complexity index is 418. The normalized spacial score (nSPS) is 20.4. The number of aromatic nitrogens is 1. The van der Waals surface area contributed by atoms with Crippen LogP contribution in [0.25, 0.3) is 0 Å². The lowest BCUT2D eigenvalue weighted by atomic mass is 9.89. The van der Waals surface area contributed by atoms with Gasteiger partial charge >= 0.3 is 0 Å². The summed E-state index contributed by atoms with van der Waals surface area (Å²) >= 11 is 3.45. The Morgan fingerprint density at radius 3 is 3.00 bits per heavy atom. The van der Waals surface area contributed by atoms with Gasteiger partial charge in [-0.2, -0.15) is 0 Å². The molecule has 18 heavy (non-hydrogen) atoms. The van der Waals surface area contributed by atoms with E-state index in [1.807, 2.05) is 12.3 Å². The molecule has 0 radical (unpaired) electrons. The molecule has 0 N–H and O–H groups in total. The Morgan fingerprint density at radius 2 is 2.17 bits per heavy atom. The van der Waals surface area contributed by atoms with Gasteiger partial charge in [-0.15, -0.1) is 0 Å². The van der Waals surface area contributed by atoms with Crippen molar-refractivity contribution >= 4 is 21.7 Å². The topological polar surface area (TPSA) is 25.4 Å². The fourth-order valence-corrected chi connectivity index (χ4v) is 3.30. The maximum atomic E-state index is 5.69. The van der Waals surface area contributed by atoms with Crippen molar-refractivity contribution in [2.24, 2.45) is 5.92 Å². The molecule has 1 aliphatic heterocycles. The zero-order valence-electron chi connectivity index (χ0n) is 10.6. The van der Waals surface area contributed by atoms with Gasteiger partial charge in [-0.3, -0.25) is 0 Å². The predicted molar refractivity (Wildman–Crippen MR) is 76.2 cm³/mol. The number of ether oxygens (including phenoxy) is 1. The maximum absolute atomic E-state index is 5.69. The number of nitrogens with zero attached hydrogens (tertiary/aromatic N) is 2. The van der Waals surface area contributed by atoms with Gasteiger partial charge in [0.05, 0.1) is 6.54 Å². The minimum Gasteiger partial charge on any atom is -0.488 e. The van der Waals surface area contributed by atoms with Crippen molar-refractivity contribution in [3.05, 3.63) is 16.7 Å². The molecule has 2 aliphatic rings. The second-order valence-electron chi connectivity index (χ2n) is 5.27. The highest BCUT2D eigenvalue weighted by Crippen LogP contribution is 2.33. The molecule has 3 rings (SSSR count). The van der Waals surface area contributed by atoms with Crippen LogP contribution in [-0.4, -0.2) is 24.7 Å². The van der Waals surface area contributed by atoms with E-state index >= 15 is 0 Å². The number of anilines is 1. The van der Waals surface area contributed by atoms with Gasteiger partial charge < -0.3 is 9.64 Å². The first-order chi connectivity index (χ1) is 8.83. The zero-order valence-corrected chi connectivity index (χ0v) is 12.2. The molecule has 1 fully saturated rings. The Kier molecular flexibility index (Phi) is 3.73. The third-order valence-corrected chi connectivity index (χ3v) is 4.35. The molecule has 1 aromatic rings. The van der Waals surface area contributed by atoms with Gasteiger partial charge in [-0.1, -0.05) is 19.3 Å². The number of rotatable bonds is 2. The monoisotopic (exact) mass is 310 g/mol. The van der Waals surface area contributed by atoms with Crippen molar-refractivity contribution in [2.45, 2.75) is 32.1 Å². The lowest BCUT2D eigenvalue weighted by Gasteiger charge is -2.34. The second kappa shape index (κ2) is 5.47. The van der Waals surface area contributed by atoms with E-state index in [1.54, 1.807) is 0 Å². The third kappa shape index (κ3) is 2.63. The van der Waals surface area contributed by atoms with Crippen molar-refractivity contribution in [1.29, 1.82) is 0 Å². The summed E-state index contributed by atoms with van der Waals surface area (Å²) in [5, 5.41) is 0. The van der Waals surface area contributed by atoms with E-state index in [-0.39, 0.29) is 0 Å². The lowest BCUT2D eigenvalue weighted by Crippen LogP contribution is -2.37. The molecule has 1 aliphatic carbocycles. The summed E-state index contributed by atoms with van der Waals surface area (Å²) in [4.78, 5) is 6.92. The van der Waals surface area contributed by atoms with E-state index in [0.29, 0.717) is 0 Å². The molecule has 4 heteroatoms. The third-order valence-electron chi connectivity index (χ3n) is 3.92. The maximum Gasteiger partial charge on any atom is 0.171 e. The van der Waals surface area contributed by atoms with Crippen LogP contribution in [0.1, 0.15) is 32.1 Å². The molecule has 2 heterocycles. The van der Waals surface area contributed by atoms with E-state index < -0.39 is 0 Å². The van der Waals surface area contributed by atoms with Crippen LogP contribution in [0, 0.1) is 5.92 Å². The van der Waals surface area contributed by atoms with Crippen LogP contribution in [0.2, 0.25) is 0 Å². The van der Waals surface area contributed by atoms with Crippen molar-refractivity contribution in [1.82, 2.24) is 4.98 Å². The number of halogens is 1. The number of fused-ring (bicyclic) bond motifs is 1. The molecule has 1 saturated carbocycles. The molecule has 98 valence electrons. The minimum atomic E-state index is 0.776. The number of pyridine rings is 1. The summed E-state index contributed by atoms with van der Waals surface area (Å²) in [6, 6.07) is 2.02. The van der Waals surface area contributed by atoms with E-state index in [9.17, 15) is 0 Å². The van der Waals surface area contributed by atoms with E-state index in [1.165, 1.54) is 32.1 Å². The van der Waals surface area contributed by atoms with E-state index in [0.717, 1.165) is 41.7 Å². The van der Waals surface area contributed by atoms with Crippen LogP contribution in [-0.2, 0) is 0 Å². The summed E-state index contributed by atoms with van der Waals surface area (Å²) in [6.07, 6.45) is 8.83. The van der Waals surface area contributed by atoms with Crippen LogP contribution < -0.4 is 9.64 Å². The van der Waals surface area contributed by atoms with Gasteiger partial charge in [-0.25, -0.2) is 4.98 Å². The molecular weight excluding hydrogens is 292 g/mol. The minimum absolute atomic E-state index is 0.776. The first-order valence-corrected chi connectivity index (χ1v) is 7.65. The fourth-order valence-electron chi connectivity index (χ4n) is 2.99. The molecule has 0 atom stereocenters. The molecule has 0 unspecified atom stereocenters. The Hall–Kier alpha value is -0.770. The Balaban J connectivity index is 1.74. The van der Waals surface area contributed by atoms with E-state index in [4.69, 9.17) is 4.74 Å². The molecule has 0 amide bonds. The van der Waals surface area contributed by atoms with Crippen LogP contribution in [0.3, 0.4) is 0 Å². The van der Waals surface area contributed by atoms with E-state index in [2.05, 4.69) is 25.8 Å². The smallest absolute Gasteiger partial charge is 0.171 e. The second-order valence-corrected chi connectivity index (χ2v) is 6.19. The van der Waals surface area contributed by atoms with Crippen LogP contribution in [0.15, 0.2) is 16.7 Å². The first kappa shape index (κ1) is 12.3. The summed E-state index contributed by atoms with van der Waals surface area (Å²) in [7, 11) is 0. The lowest BCUT2D eigenvalue weighted by molar-refractivity contribution is 0.290. The largest absolute Gasteiger partial charge is 0.488 e. The summed E-state index contributed by atoms with van der Waals surface area (Å²) in [5.41, 5.74) is 0. The quantitative estimate of drug-likeness (QED) is 0.834. The first-order valence-electron chi connectivity index (χ1n) is 6.86. The highest BCUT2D eigenvalue weighted by molar-refractivity contribution is 9.10. The van der Waals surface area contributed by atoms with Gasteiger partial charge in [0.1, 0.15) is 6.61 Å². The molecule has 0 bridgehead atoms. The SMILES string of the molecule is Brc1cnc2c(c1)OCCN2CC1CCCCC1. The highest BCUT2D eigenvalue weighted by atomic mass is 79.9. The molecule has 3 nitrogen and oxygen atoms in total. The van der Waals surface area contributed by atoms with Crippen molar-refractivity contribution in [2.75, 3.05) is 24.6 Å². The summed E-state index contributed by atoms with van der Waals surface area (Å²) in [5.74, 6) is 2.79. The molecule has 1 aromatic heterocycles. The molecule has 0 aromatic carbocycles. The van der Waals surface area contributed by atoms with Crippen LogP contribution in [0.5, 0.6) is 5.75 Å². The van der Waals surface area contributed by atoms with Gasteiger partial charge in [0.2, 0.25) is 0 Å². The van der Waals surface area contributed by atoms with Gasteiger partial charge in [0.15, 0.2) is 11.6 Å². The number of hydrogen-bond acceptors (Lipinski definition) is 3. The summed E-state index contributed by atoms with van der Waals surface area (Å²) < 4.78 is 6.68. The molecule has 0 spiro atoms. The summed E-state index contributed by atoms with van der Waals surface area (Å²) in [6.45, 7) is 2.89. The standard InChI is InChI=1S/C14H19BrN2O/c15-12-8-13-14(16-9-12)17(6-7-18-13)10-11-4-2-1-3-5-11/h8-9,11H,1-7,10H2. The molecular formula is C14H19BrN2O. The fraction of sp³-hybridized carbons (Fsp3) is 0.643. The Morgan fingerprint density at radius 1 is 1.33 bits per heavy atom. The predicted octanol–water partition coefficient (Wildman–Crippen LogP) is 3.62. The number of hydrogen-bond donors (Lipinski definition) is 0. The molecule has 0 saturated heterocycles. The van der Waals surface area contributed by atoms with Gasteiger partial charge in [0, 0.05) is 17.2 Å². The average molecular weight is 311 g/mol. The van der Waals surface area contributed by atoms with Crippen molar-refractivity contribution < 1.29 is 4.74 Å². The van der Waals surface area contributed by atoms with Gasteiger partial charge in [-0.05, 0) is 40.8 Å². The highest BCUT2D eigenvalue weighted by Gasteiger charge is 2.23.